The molecule has 1 aromatic heterocycles. The van der Waals surface area contributed by atoms with Crippen molar-refractivity contribution in [1.82, 2.24) is 15.2 Å². The van der Waals surface area contributed by atoms with Crippen molar-refractivity contribution >= 4 is 11.7 Å². The van der Waals surface area contributed by atoms with E-state index in [9.17, 15) is 4.79 Å². The molecule has 2 rings (SSSR count). The number of nitrogens with zero attached hydrogens (tertiary/aromatic N) is 2. The first-order valence-electron chi connectivity index (χ1n) is 7.25. The second-order valence-corrected chi connectivity index (χ2v) is 5.72. The van der Waals surface area contributed by atoms with Gasteiger partial charge in [0.05, 0.1) is 0 Å². The molecule has 0 bridgehead atoms. The largest absolute Gasteiger partial charge is 0.337 e. The fourth-order valence-corrected chi connectivity index (χ4v) is 2.49. The second-order valence-electron chi connectivity index (χ2n) is 5.72. The van der Waals surface area contributed by atoms with E-state index in [2.05, 4.69) is 27.4 Å². The fraction of sp³-hybridized carbons (Fsp3) is 0.600. The lowest BCUT2D eigenvalue weighted by molar-refractivity contribution is 0.249. The van der Waals surface area contributed by atoms with Crippen molar-refractivity contribution in [2.24, 2.45) is 5.92 Å². The van der Waals surface area contributed by atoms with Crippen LogP contribution in [0, 0.1) is 19.8 Å². The summed E-state index contributed by atoms with van der Waals surface area (Å²) in [5.41, 5.74) is 2.70. The standard InChI is InChI=1S/C15H24N4O/c1-11-4-6-19(10-11)7-5-16-15(20)18-14-8-13(3)17-9-12(14)2/h8-9,11H,4-7,10H2,1-3H3,(H2,16,17,18,20). The number of aromatic nitrogens is 1. The summed E-state index contributed by atoms with van der Waals surface area (Å²) in [4.78, 5) is 18.4. The van der Waals surface area contributed by atoms with E-state index < -0.39 is 0 Å². The smallest absolute Gasteiger partial charge is 0.319 e. The molecule has 0 aromatic carbocycles. The number of aryl methyl sites for hydroxylation is 2. The monoisotopic (exact) mass is 276 g/mol. The minimum absolute atomic E-state index is 0.147. The molecule has 0 radical (unpaired) electrons. The number of hydrogen-bond donors (Lipinski definition) is 2. The van der Waals surface area contributed by atoms with Gasteiger partial charge in [0.2, 0.25) is 0 Å². The van der Waals surface area contributed by atoms with E-state index in [1.807, 2.05) is 19.9 Å². The molecule has 1 aliphatic heterocycles. The molecule has 1 atom stereocenters. The van der Waals surface area contributed by atoms with Crippen LogP contribution in [0.4, 0.5) is 10.5 Å². The van der Waals surface area contributed by atoms with Crippen LogP contribution in [0.25, 0.3) is 0 Å². The molecular weight excluding hydrogens is 252 g/mol. The first-order chi connectivity index (χ1) is 9.54. The Balaban J connectivity index is 1.74. The Morgan fingerprint density at radius 1 is 1.50 bits per heavy atom. The Labute approximate surface area is 120 Å². The Hall–Kier alpha value is -1.62. The molecule has 1 aromatic rings. The number of rotatable bonds is 4. The quantitative estimate of drug-likeness (QED) is 0.886. The number of urea groups is 1. The first kappa shape index (κ1) is 14.8. The molecule has 5 heteroatoms. The summed E-state index contributed by atoms with van der Waals surface area (Å²) in [5, 5.41) is 5.78. The lowest BCUT2D eigenvalue weighted by Gasteiger charge is -2.16. The molecule has 1 fully saturated rings. The molecule has 110 valence electrons. The molecule has 1 unspecified atom stereocenters. The summed E-state index contributed by atoms with van der Waals surface area (Å²) in [7, 11) is 0. The highest BCUT2D eigenvalue weighted by Gasteiger charge is 2.17. The summed E-state index contributed by atoms with van der Waals surface area (Å²) < 4.78 is 0. The van der Waals surface area contributed by atoms with Crippen molar-refractivity contribution in [2.75, 3.05) is 31.5 Å². The van der Waals surface area contributed by atoms with Gasteiger partial charge >= 0.3 is 6.03 Å². The van der Waals surface area contributed by atoms with Crippen LogP contribution in [0.5, 0.6) is 0 Å². The highest BCUT2D eigenvalue weighted by Crippen LogP contribution is 2.14. The Morgan fingerprint density at radius 2 is 2.30 bits per heavy atom. The summed E-state index contributed by atoms with van der Waals surface area (Å²) in [6, 6.07) is 1.74. The predicted molar refractivity (Wildman–Crippen MR) is 81.0 cm³/mol. The zero-order valence-corrected chi connectivity index (χ0v) is 12.6. The van der Waals surface area contributed by atoms with Gasteiger partial charge in [0.1, 0.15) is 0 Å². The van der Waals surface area contributed by atoms with Crippen LogP contribution in [0.3, 0.4) is 0 Å². The molecule has 5 nitrogen and oxygen atoms in total. The maximum atomic E-state index is 11.9. The minimum atomic E-state index is -0.147. The third-order valence-corrected chi connectivity index (χ3v) is 3.71. The summed E-state index contributed by atoms with van der Waals surface area (Å²) in [5.74, 6) is 0.784. The minimum Gasteiger partial charge on any atom is -0.337 e. The van der Waals surface area contributed by atoms with Crippen molar-refractivity contribution < 1.29 is 4.79 Å². The summed E-state index contributed by atoms with van der Waals surface area (Å²) in [6.45, 7) is 10.0. The van der Waals surface area contributed by atoms with Gasteiger partial charge in [-0.05, 0) is 44.4 Å². The van der Waals surface area contributed by atoms with E-state index in [-0.39, 0.29) is 6.03 Å². The number of hydrogen-bond acceptors (Lipinski definition) is 3. The summed E-state index contributed by atoms with van der Waals surface area (Å²) in [6.07, 6.45) is 3.04. The Morgan fingerprint density at radius 3 is 3.00 bits per heavy atom. The van der Waals surface area contributed by atoms with E-state index in [0.29, 0.717) is 6.54 Å². The third-order valence-electron chi connectivity index (χ3n) is 3.71. The van der Waals surface area contributed by atoms with E-state index >= 15 is 0 Å². The van der Waals surface area contributed by atoms with E-state index in [1.165, 1.54) is 6.42 Å². The van der Waals surface area contributed by atoms with Gasteiger partial charge in [0.15, 0.2) is 0 Å². The number of anilines is 1. The van der Waals surface area contributed by atoms with E-state index in [4.69, 9.17) is 0 Å². The molecule has 0 aliphatic carbocycles. The van der Waals surface area contributed by atoms with Crippen molar-refractivity contribution in [3.05, 3.63) is 23.5 Å². The Kier molecular flexibility index (Phi) is 4.95. The van der Waals surface area contributed by atoms with Gasteiger partial charge in [0.25, 0.3) is 0 Å². The predicted octanol–water partition coefficient (Wildman–Crippen LogP) is 2.16. The molecular formula is C15H24N4O. The average Bonchev–Trinajstić information content (AvgIpc) is 2.80. The van der Waals surface area contributed by atoms with Crippen LogP contribution in [0.1, 0.15) is 24.6 Å². The maximum Gasteiger partial charge on any atom is 0.319 e. The van der Waals surface area contributed by atoms with Crippen molar-refractivity contribution in [2.45, 2.75) is 27.2 Å². The maximum absolute atomic E-state index is 11.9. The van der Waals surface area contributed by atoms with Crippen LogP contribution in [-0.4, -0.2) is 42.1 Å². The normalized spacial score (nSPS) is 19.1. The van der Waals surface area contributed by atoms with E-state index in [1.54, 1.807) is 6.20 Å². The van der Waals surface area contributed by atoms with Crippen LogP contribution < -0.4 is 10.6 Å². The van der Waals surface area contributed by atoms with Gasteiger partial charge in [-0.2, -0.15) is 0 Å². The SMILES string of the molecule is Cc1cc(NC(=O)NCCN2CCC(C)C2)c(C)cn1. The highest BCUT2D eigenvalue weighted by atomic mass is 16.2. The van der Waals surface area contributed by atoms with Crippen LogP contribution in [0.15, 0.2) is 12.3 Å². The van der Waals surface area contributed by atoms with E-state index in [0.717, 1.165) is 42.5 Å². The number of likely N-dealkylation sites (tertiary alicyclic amines) is 1. The summed E-state index contributed by atoms with van der Waals surface area (Å²) >= 11 is 0. The third kappa shape index (κ3) is 4.20. The van der Waals surface area contributed by atoms with Gasteiger partial charge in [0, 0.05) is 37.2 Å². The van der Waals surface area contributed by atoms with Gasteiger partial charge in [-0.25, -0.2) is 4.79 Å². The molecule has 1 saturated heterocycles. The van der Waals surface area contributed by atoms with Crippen molar-refractivity contribution in [1.29, 1.82) is 0 Å². The molecule has 2 heterocycles. The lowest BCUT2D eigenvalue weighted by Crippen LogP contribution is -2.36. The second kappa shape index (κ2) is 6.70. The van der Waals surface area contributed by atoms with Crippen LogP contribution in [0.2, 0.25) is 0 Å². The molecule has 0 spiro atoms. The molecule has 20 heavy (non-hydrogen) atoms. The first-order valence-corrected chi connectivity index (χ1v) is 7.25. The van der Waals surface area contributed by atoms with Gasteiger partial charge in [-0.3, -0.25) is 4.98 Å². The number of carbonyl (C=O) groups excluding carboxylic acids is 1. The van der Waals surface area contributed by atoms with Crippen LogP contribution in [-0.2, 0) is 0 Å². The Bertz CT molecular complexity index is 475. The van der Waals surface area contributed by atoms with Crippen LogP contribution >= 0.6 is 0 Å². The fourth-order valence-electron chi connectivity index (χ4n) is 2.49. The van der Waals surface area contributed by atoms with Crippen molar-refractivity contribution in [3.63, 3.8) is 0 Å². The topological polar surface area (TPSA) is 57.3 Å². The number of carbonyl (C=O) groups is 1. The van der Waals surface area contributed by atoms with Crippen molar-refractivity contribution in [3.8, 4) is 0 Å². The number of amides is 2. The lowest BCUT2D eigenvalue weighted by atomic mass is 10.2. The van der Waals surface area contributed by atoms with Gasteiger partial charge in [-0.1, -0.05) is 6.92 Å². The molecule has 1 aliphatic rings. The number of pyridine rings is 1. The van der Waals surface area contributed by atoms with Gasteiger partial charge in [-0.15, -0.1) is 0 Å². The molecule has 0 saturated carbocycles. The zero-order valence-electron chi connectivity index (χ0n) is 12.6. The zero-order chi connectivity index (χ0) is 14.5. The number of nitrogens with one attached hydrogen (secondary N) is 2. The average molecular weight is 276 g/mol. The molecule has 2 N–H and O–H groups in total. The van der Waals surface area contributed by atoms with Gasteiger partial charge < -0.3 is 15.5 Å². The molecule has 2 amide bonds. The highest BCUT2D eigenvalue weighted by molar-refractivity contribution is 5.90.